The molecule has 2 bridgehead atoms. The third-order valence-electron chi connectivity index (χ3n) is 14.0. The summed E-state index contributed by atoms with van der Waals surface area (Å²) >= 11 is 0. The van der Waals surface area contributed by atoms with Crippen LogP contribution < -0.4 is 29.6 Å². The van der Waals surface area contributed by atoms with Gasteiger partial charge in [-0.15, -0.1) is 0 Å². The third-order valence-corrected chi connectivity index (χ3v) is 14.0. The summed E-state index contributed by atoms with van der Waals surface area (Å²) in [6, 6.07) is 23.0. The summed E-state index contributed by atoms with van der Waals surface area (Å²) in [4.78, 5) is 0. The summed E-state index contributed by atoms with van der Waals surface area (Å²) in [7, 11) is 3.58. The maximum Gasteiger partial charge on any atom is 0.149 e. The molecule has 5 aromatic rings. The van der Waals surface area contributed by atoms with Gasteiger partial charge < -0.3 is 64.6 Å². The zero-order valence-electron chi connectivity index (χ0n) is 38.9. The van der Waals surface area contributed by atoms with Gasteiger partial charge >= 0.3 is 0 Å². The Hall–Kier alpha value is -5.72. The van der Waals surface area contributed by atoms with E-state index < -0.39 is 36.3 Å². The van der Waals surface area contributed by atoms with E-state index in [0.29, 0.717) is 85.7 Å². The van der Waals surface area contributed by atoms with Crippen molar-refractivity contribution in [3.63, 3.8) is 0 Å². The number of likely N-dealkylation sites (N-methyl/N-ethyl adjacent to an activating group) is 1. The average Bonchev–Trinajstić information content (AvgIpc) is 3.84. The topological polar surface area (TPSA) is 181 Å². The van der Waals surface area contributed by atoms with Gasteiger partial charge in [0.05, 0.1) is 31.0 Å². The Morgan fingerprint density at radius 3 is 2.43 bits per heavy atom. The molecule has 13 nitrogen and oxygen atoms in total. The zero-order valence-corrected chi connectivity index (χ0v) is 38.9. The maximum atomic E-state index is 13.1. The van der Waals surface area contributed by atoms with Gasteiger partial charge in [-0.3, -0.25) is 0 Å². The zero-order chi connectivity index (χ0) is 47.1. The molecule has 13 heteroatoms. The average molecular weight is 929 g/mol. The minimum absolute atomic E-state index is 0.0379. The van der Waals surface area contributed by atoms with Crippen LogP contribution in [0.2, 0.25) is 0 Å². The molecule has 0 radical (unpaired) electrons. The van der Waals surface area contributed by atoms with Crippen LogP contribution in [0.15, 0.2) is 78.9 Å². The molecule has 1 fully saturated rings. The Bertz CT molecular complexity index is 2600. The van der Waals surface area contributed by atoms with Crippen LogP contribution in [0.5, 0.6) is 40.2 Å². The van der Waals surface area contributed by atoms with E-state index >= 15 is 0 Å². The number of aliphatic hydroxyl groups is 2. The van der Waals surface area contributed by atoms with E-state index in [-0.39, 0.29) is 49.2 Å². The molecule has 0 aromatic heterocycles. The fourth-order valence-electron chi connectivity index (χ4n) is 10.7. The smallest absolute Gasteiger partial charge is 0.149 e. The summed E-state index contributed by atoms with van der Waals surface area (Å²) in [5.74, 6) is 8.04. The molecule has 0 unspecified atom stereocenters. The standard InChI is InChI=1S/C55H64N2O11/c1-56-20-21-57-47-13-5-6-24-64-50-31-45-54(42-18-16-38(61)29-43(42)50)68-49(14-8-23-63-2)51(55(45)67-48(47)19-22-58)46-32-65-53-35(28-40(30-44(53)52(46)62)66-39-11-3-4-12-39)25-34-27-37(60)15-17-41(34)33-9-7-10-36(59)26-33/h7,9-10,15-18,26-31,39,46-49,51-52,55-62H,3-4,8,11-14,19-25,32H2,1-2H3/t46-,47+,48-,49-,51-,52-,55+/m1/s1. The van der Waals surface area contributed by atoms with E-state index in [0.717, 1.165) is 58.9 Å². The lowest BCUT2D eigenvalue weighted by atomic mass is 9.72. The van der Waals surface area contributed by atoms with Gasteiger partial charge in [-0.25, -0.2) is 0 Å². The molecule has 3 aliphatic heterocycles. The van der Waals surface area contributed by atoms with Crippen molar-refractivity contribution in [1.29, 1.82) is 0 Å². The second-order valence-corrected chi connectivity index (χ2v) is 18.5. The summed E-state index contributed by atoms with van der Waals surface area (Å²) in [6.45, 7) is 1.98. The molecule has 68 heavy (non-hydrogen) atoms. The van der Waals surface area contributed by atoms with E-state index in [1.165, 1.54) is 0 Å². The minimum atomic E-state index is -1.07. The van der Waals surface area contributed by atoms with Crippen molar-refractivity contribution in [2.45, 2.75) is 94.3 Å². The number of ether oxygens (including phenoxy) is 6. The van der Waals surface area contributed by atoms with Gasteiger partial charge in [0.15, 0.2) is 0 Å². The molecule has 1 saturated carbocycles. The first kappa shape index (κ1) is 47.4. The number of nitrogens with one attached hydrogen (secondary N) is 2. The van der Waals surface area contributed by atoms with E-state index in [1.807, 2.05) is 43.4 Å². The number of benzene rings is 5. The van der Waals surface area contributed by atoms with Gasteiger partial charge in [0, 0.05) is 91.6 Å². The molecule has 9 rings (SSSR count). The van der Waals surface area contributed by atoms with Crippen molar-refractivity contribution in [2.75, 3.05) is 53.7 Å². The van der Waals surface area contributed by atoms with Crippen LogP contribution in [0, 0.1) is 23.7 Å². The highest BCUT2D eigenvalue weighted by Crippen LogP contribution is 2.55. The van der Waals surface area contributed by atoms with Crippen LogP contribution in [0.3, 0.4) is 0 Å². The molecule has 1 aliphatic carbocycles. The molecule has 360 valence electrons. The van der Waals surface area contributed by atoms with Crippen molar-refractivity contribution < 1.29 is 54.0 Å². The van der Waals surface area contributed by atoms with Gasteiger partial charge in [-0.05, 0) is 129 Å². The normalized spacial score (nSPS) is 23.5. The van der Waals surface area contributed by atoms with Crippen LogP contribution in [0.4, 0.5) is 0 Å². The van der Waals surface area contributed by atoms with Crippen molar-refractivity contribution >= 4 is 10.8 Å². The lowest BCUT2D eigenvalue weighted by Gasteiger charge is -2.48. The van der Waals surface area contributed by atoms with Crippen LogP contribution in [-0.2, 0) is 15.9 Å². The first-order valence-corrected chi connectivity index (χ1v) is 24.2. The molecule has 3 heterocycles. The fourth-order valence-corrected chi connectivity index (χ4v) is 10.7. The van der Waals surface area contributed by atoms with Crippen molar-refractivity contribution in [2.24, 2.45) is 11.8 Å². The van der Waals surface area contributed by atoms with Gasteiger partial charge in [0.25, 0.3) is 0 Å². The van der Waals surface area contributed by atoms with E-state index in [9.17, 15) is 25.5 Å². The van der Waals surface area contributed by atoms with E-state index in [1.54, 1.807) is 49.6 Å². The summed E-state index contributed by atoms with van der Waals surface area (Å²) in [5.41, 5.74) is 4.56. The number of phenols is 3. The SMILES string of the molecule is CNCCN[C@H]1CC#CCOc2cc3c(c4ccc(O)cc24)O[C@H](CCCOC)[C@@H]([C@H]2COc4c(Cc5cc(O)ccc5-c5cccc(O)c5)cc(OC5CCCC5)cc4[C@H]2O)[C@H]3O[C@@H]1CCO. The largest absolute Gasteiger partial charge is 0.508 e. The monoisotopic (exact) mass is 928 g/mol. The van der Waals surface area contributed by atoms with Crippen molar-refractivity contribution in [1.82, 2.24) is 10.6 Å². The number of fused-ring (bicyclic) bond motifs is 5. The lowest BCUT2D eigenvalue weighted by molar-refractivity contribution is -0.142. The minimum Gasteiger partial charge on any atom is -0.508 e. The molecule has 5 aromatic carbocycles. The van der Waals surface area contributed by atoms with Gasteiger partial charge in [0.2, 0.25) is 0 Å². The highest BCUT2D eigenvalue weighted by Gasteiger charge is 2.50. The Morgan fingerprint density at radius 1 is 0.794 bits per heavy atom. The number of methoxy groups -OCH3 is 1. The number of phenolic OH excluding ortho intramolecular Hbond substituents is 3. The first-order valence-electron chi connectivity index (χ1n) is 24.2. The van der Waals surface area contributed by atoms with Gasteiger partial charge in [-0.1, -0.05) is 30.0 Å². The molecule has 0 spiro atoms. The van der Waals surface area contributed by atoms with Gasteiger partial charge in [-0.2, -0.15) is 0 Å². The molecular formula is C55H64N2O11. The number of hydrogen-bond donors (Lipinski definition) is 7. The van der Waals surface area contributed by atoms with E-state index in [2.05, 4.69) is 22.5 Å². The number of rotatable bonds is 16. The highest BCUT2D eigenvalue weighted by atomic mass is 16.5. The first-order chi connectivity index (χ1) is 33.2. The number of hydrogen-bond acceptors (Lipinski definition) is 13. The molecule has 7 atom stereocenters. The second-order valence-electron chi connectivity index (χ2n) is 18.5. The second kappa shape index (κ2) is 21.7. The van der Waals surface area contributed by atoms with Crippen LogP contribution in [0.1, 0.15) is 85.8 Å². The molecule has 0 saturated heterocycles. The van der Waals surface area contributed by atoms with Crippen LogP contribution in [0.25, 0.3) is 21.9 Å². The summed E-state index contributed by atoms with van der Waals surface area (Å²) in [5, 5.41) is 64.0. The quantitative estimate of drug-likeness (QED) is 0.0376. The van der Waals surface area contributed by atoms with Crippen LogP contribution in [-0.4, -0.2) is 104 Å². The Balaban J connectivity index is 1.18. The Labute approximate surface area is 398 Å². The Kier molecular flexibility index (Phi) is 15.1. The molecule has 0 amide bonds. The number of aliphatic hydroxyl groups excluding tert-OH is 2. The third kappa shape index (κ3) is 10.3. The van der Waals surface area contributed by atoms with Crippen LogP contribution >= 0.6 is 0 Å². The number of aromatic hydroxyl groups is 3. The maximum absolute atomic E-state index is 13.1. The fraction of sp³-hybridized carbons (Fsp3) is 0.455. The van der Waals surface area contributed by atoms with Gasteiger partial charge in [0.1, 0.15) is 53.0 Å². The predicted molar refractivity (Wildman–Crippen MR) is 259 cm³/mol. The highest BCUT2D eigenvalue weighted by molar-refractivity contribution is 5.96. The predicted octanol–water partition coefficient (Wildman–Crippen LogP) is 7.85. The van der Waals surface area contributed by atoms with Crippen molar-refractivity contribution in [3.8, 4) is 63.2 Å². The molecule has 4 aliphatic rings. The molecular weight excluding hydrogens is 865 g/mol. The summed E-state index contributed by atoms with van der Waals surface area (Å²) < 4.78 is 40.3. The van der Waals surface area contributed by atoms with E-state index in [4.69, 9.17) is 28.4 Å². The lowest BCUT2D eigenvalue weighted by Crippen LogP contribution is -2.50. The summed E-state index contributed by atoms with van der Waals surface area (Å²) in [6.07, 6.45) is 3.67. The molecule has 7 N–H and O–H groups in total. The van der Waals surface area contributed by atoms with Crippen molar-refractivity contribution in [3.05, 3.63) is 101 Å². The Morgan fingerprint density at radius 2 is 1.62 bits per heavy atom.